The number of nitrogens with one attached hydrogen (secondary N) is 1. The van der Waals surface area contributed by atoms with Crippen molar-refractivity contribution in [3.05, 3.63) is 53.7 Å². The molecule has 3 aromatic rings. The number of rotatable bonds is 4. The molecule has 1 aromatic heterocycles. The number of nitrogens with two attached hydrogens (primary N) is 1. The number of hydrogen-bond donors (Lipinski definition) is 2. The van der Waals surface area contributed by atoms with Crippen molar-refractivity contribution in [1.82, 2.24) is 4.98 Å². The van der Waals surface area contributed by atoms with Gasteiger partial charge in [0, 0.05) is 11.6 Å². The van der Waals surface area contributed by atoms with Crippen molar-refractivity contribution in [2.24, 2.45) is 5.73 Å². The third-order valence-corrected chi connectivity index (χ3v) is 7.50. The van der Waals surface area contributed by atoms with Gasteiger partial charge in [-0.15, -0.1) is 0 Å². The van der Waals surface area contributed by atoms with Crippen LogP contribution in [0.3, 0.4) is 0 Å². The largest absolute Gasteiger partial charge is 0.497 e. The molecule has 0 spiro atoms. The molecule has 0 saturated carbocycles. The molecule has 29 heavy (non-hydrogen) atoms. The van der Waals surface area contributed by atoms with Gasteiger partial charge in [-0.1, -0.05) is 12.1 Å². The number of aromatic amines is 1. The molecule has 0 bridgehead atoms. The number of methoxy groups -OCH3 is 1. The minimum absolute atomic E-state index is 0.132. The maximum atomic E-state index is 12.1. The first-order valence-corrected chi connectivity index (χ1v) is 11.5. The molecular weight excluding hydrogens is 388 g/mol. The summed E-state index contributed by atoms with van der Waals surface area (Å²) in [5.74, 6) is 0.836. The zero-order chi connectivity index (χ0) is 20.6. The first-order valence-electron chi connectivity index (χ1n) is 9.67. The minimum atomic E-state index is -2.97. The Morgan fingerprint density at radius 2 is 1.86 bits per heavy atom. The molecule has 0 radical (unpaired) electrons. The van der Waals surface area contributed by atoms with E-state index >= 15 is 0 Å². The zero-order valence-electron chi connectivity index (χ0n) is 16.3. The number of aromatic nitrogens is 1. The van der Waals surface area contributed by atoms with Gasteiger partial charge in [0.05, 0.1) is 29.7 Å². The van der Waals surface area contributed by atoms with Gasteiger partial charge in [-0.25, -0.2) is 8.42 Å². The Hall–Kier alpha value is -2.80. The molecular formula is C22H24N2O4S. The maximum absolute atomic E-state index is 12.1. The number of amides is 1. The van der Waals surface area contributed by atoms with Crippen molar-refractivity contribution in [3.63, 3.8) is 0 Å². The van der Waals surface area contributed by atoms with Crippen LogP contribution in [0.4, 0.5) is 0 Å². The van der Waals surface area contributed by atoms with Crippen LogP contribution < -0.4 is 10.5 Å². The van der Waals surface area contributed by atoms with Crippen molar-refractivity contribution in [2.45, 2.75) is 25.2 Å². The van der Waals surface area contributed by atoms with Crippen molar-refractivity contribution in [3.8, 4) is 16.9 Å². The lowest BCUT2D eigenvalue weighted by Gasteiger charge is -2.14. The van der Waals surface area contributed by atoms with Crippen LogP contribution in [-0.4, -0.2) is 37.9 Å². The molecule has 1 saturated heterocycles. The molecule has 1 aliphatic heterocycles. The number of fused-ring (bicyclic) bond motifs is 1. The molecule has 152 valence electrons. The highest BCUT2D eigenvalue weighted by Gasteiger charge is 2.25. The third kappa shape index (κ3) is 3.87. The van der Waals surface area contributed by atoms with Crippen LogP contribution in [0.2, 0.25) is 0 Å². The molecule has 6 nitrogen and oxygen atoms in total. The van der Waals surface area contributed by atoms with Crippen LogP contribution in [-0.2, 0) is 9.84 Å². The molecule has 3 N–H and O–H groups in total. The molecule has 2 heterocycles. The smallest absolute Gasteiger partial charge is 0.250 e. The molecule has 1 aliphatic rings. The topological polar surface area (TPSA) is 102 Å². The quantitative estimate of drug-likeness (QED) is 0.683. The van der Waals surface area contributed by atoms with E-state index in [4.69, 9.17) is 10.5 Å². The van der Waals surface area contributed by atoms with E-state index in [0.717, 1.165) is 34.2 Å². The van der Waals surface area contributed by atoms with Gasteiger partial charge in [0.15, 0.2) is 0 Å². The van der Waals surface area contributed by atoms with Gasteiger partial charge >= 0.3 is 0 Å². The summed E-state index contributed by atoms with van der Waals surface area (Å²) in [6, 6.07) is 11.5. The summed E-state index contributed by atoms with van der Waals surface area (Å²) in [6.07, 6.45) is 3.96. The van der Waals surface area contributed by atoms with E-state index in [1.807, 2.05) is 30.5 Å². The number of hydrogen-bond acceptors (Lipinski definition) is 4. The lowest BCUT2D eigenvalue weighted by Crippen LogP contribution is -2.12. The normalized spacial score (nSPS) is 19.0. The Labute approximate surface area is 170 Å². The van der Waals surface area contributed by atoms with E-state index in [2.05, 4.69) is 11.1 Å². The van der Waals surface area contributed by atoms with E-state index < -0.39 is 15.7 Å². The first-order chi connectivity index (χ1) is 13.9. The number of carbonyl (C=O) groups excluding carboxylic acids is 1. The zero-order valence-corrected chi connectivity index (χ0v) is 17.1. The Morgan fingerprint density at radius 3 is 2.55 bits per heavy atom. The van der Waals surface area contributed by atoms with Gasteiger partial charge in [-0.3, -0.25) is 4.79 Å². The lowest BCUT2D eigenvalue weighted by atomic mass is 9.90. The van der Waals surface area contributed by atoms with Crippen molar-refractivity contribution in [2.75, 3.05) is 18.6 Å². The summed E-state index contributed by atoms with van der Waals surface area (Å²) in [6.45, 7) is 0. The average Bonchev–Trinajstić information content (AvgIpc) is 3.04. The Kier molecular flexibility index (Phi) is 5.08. The molecule has 1 unspecified atom stereocenters. The molecule has 0 aliphatic carbocycles. The van der Waals surface area contributed by atoms with Gasteiger partial charge in [-0.05, 0) is 66.1 Å². The summed E-state index contributed by atoms with van der Waals surface area (Å²) >= 11 is 0. The van der Waals surface area contributed by atoms with E-state index in [9.17, 15) is 13.2 Å². The van der Waals surface area contributed by atoms with Crippen molar-refractivity contribution >= 4 is 26.6 Å². The van der Waals surface area contributed by atoms with Gasteiger partial charge in [-0.2, -0.15) is 0 Å². The van der Waals surface area contributed by atoms with Gasteiger partial charge in [0.1, 0.15) is 15.6 Å². The highest BCUT2D eigenvalue weighted by molar-refractivity contribution is 7.91. The summed E-state index contributed by atoms with van der Waals surface area (Å²) < 4.78 is 29.2. The maximum Gasteiger partial charge on any atom is 0.250 e. The third-order valence-electron chi connectivity index (χ3n) is 5.74. The van der Waals surface area contributed by atoms with Crippen LogP contribution in [0.1, 0.15) is 41.1 Å². The Bertz CT molecular complexity index is 1160. The number of H-pyrrole nitrogens is 1. The molecule has 1 atom stereocenters. The van der Waals surface area contributed by atoms with E-state index in [-0.39, 0.29) is 17.4 Å². The van der Waals surface area contributed by atoms with E-state index in [0.29, 0.717) is 23.9 Å². The van der Waals surface area contributed by atoms with Crippen molar-refractivity contribution < 1.29 is 17.9 Å². The Morgan fingerprint density at radius 1 is 1.10 bits per heavy atom. The SMILES string of the molecule is COc1ccc(-c2cc(C(N)=O)c3[nH]cc(C4CCCS(=O)(=O)CC4)c3c2)cc1. The standard InChI is InChI=1S/C22H24N2O4S/c1-28-17-6-4-14(5-7-17)16-11-18-20(13-24-21(18)19(12-16)22(23)25)15-3-2-9-29(26,27)10-8-15/h4-7,11-13,15,24H,2-3,8-10H2,1H3,(H2,23,25). The average molecular weight is 413 g/mol. The highest BCUT2D eigenvalue weighted by atomic mass is 32.2. The first kappa shape index (κ1) is 19.5. The monoisotopic (exact) mass is 412 g/mol. The minimum Gasteiger partial charge on any atom is -0.497 e. The second kappa shape index (κ2) is 7.55. The highest BCUT2D eigenvalue weighted by Crippen LogP contribution is 2.37. The van der Waals surface area contributed by atoms with E-state index in [1.165, 1.54) is 0 Å². The number of ether oxygens (including phenoxy) is 1. The molecule has 4 rings (SSSR count). The van der Waals surface area contributed by atoms with Gasteiger partial charge in [0.25, 0.3) is 5.91 Å². The van der Waals surface area contributed by atoms with Crippen LogP contribution in [0.25, 0.3) is 22.0 Å². The number of benzene rings is 2. The summed E-state index contributed by atoms with van der Waals surface area (Å²) in [5, 5.41) is 0.927. The van der Waals surface area contributed by atoms with Crippen molar-refractivity contribution in [1.29, 1.82) is 0 Å². The predicted molar refractivity (Wildman–Crippen MR) is 114 cm³/mol. The second-order valence-corrected chi connectivity index (χ2v) is 9.87. The molecule has 7 heteroatoms. The fourth-order valence-electron chi connectivity index (χ4n) is 4.16. The second-order valence-electron chi connectivity index (χ2n) is 7.56. The summed E-state index contributed by atoms with van der Waals surface area (Å²) in [5.41, 5.74) is 9.69. The Balaban J connectivity index is 1.82. The van der Waals surface area contributed by atoms with E-state index in [1.54, 1.807) is 13.2 Å². The molecule has 1 amide bonds. The fourth-order valence-corrected chi connectivity index (χ4v) is 5.62. The van der Waals surface area contributed by atoms with Crippen LogP contribution >= 0.6 is 0 Å². The van der Waals surface area contributed by atoms with Crippen LogP contribution in [0.15, 0.2) is 42.6 Å². The van der Waals surface area contributed by atoms with Gasteiger partial charge in [0.2, 0.25) is 0 Å². The summed E-state index contributed by atoms with van der Waals surface area (Å²) in [7, 11) is -1.36. The molecule has 1 fully saturated rings. The summed E-state index contributed by atoms with van der Waals surface area (Å²) in [4.78, 5) is 15.3. The number of sulfone groups is 1. The number of primary amides is 1. The lowest BCUT2D eigenvalue weighted by molar-refractivity contribution is 0.100. The van der Waals surface area contributed by atoms with Crippen LogP contribution in [0.5, 0.6) is 5.75 Å². The molecule has 2 aromatic carbocycles. The predicted octanol–water partition coefficient (Wildman–Crippen LogP) is 3.62. The number of carbonyl (C=O) groups is 1. The van der Waals surface area contributed by atoms with Crippen LogP contribution in [0, 0.1) is 0 Å². The fraction of sp³-hybridized carbons (Fsp3) is 0.318. The van der Waals surface area contributed by atoms with Gasteiger partial charge < -0.3 is 15.5 Å².